The van der Waals surface area contributed by atoms with Crippen LogP contribution in [-0.4, -0.2) is 37.5 Å². The maximum atomic E-state index is 11.6. The van der Waals surface area contributed by atoms with E-state index >= 15 is 0 Å². The van der Waals surface area contributed by atoms with Crippen LogP contribution in [0.2, 0.25) is 0 Å². The van der Waals surface area contributed by atoms with Crippen LogP contribution in [0.1, 0.15) is 39.5 Å². The summed E-state index contributed by atoms with van der Waals surface area (Å²) in [6.45, 7) is 6.32. The number of hydrogen-bond acceptors (Lipinski definition) is 3. The Morgan fingerprint density at radius 3 is 2.63 bits per heavy atom. The molecule has 0 aromatic rings. The Kier molecular flexibility index (Phi) is 9.61. The highest BCUT2D eigenvalue weighted by atomic mass is 35.5. The van der Waals surface area contributed by atoms with E-state index in [0.717, 1.165) is 25.9 Å². The van der Waals surface area contributed by atoms with Crippen LogP contribution in [-0.2, 0) is 9.59 Å². The number of carbonyl (C=O) groups excluding carboxylic acids is 2. The molecule has 19 heavy (non-hydrogen) atoms. The lowest BCUT2D eigenvalue weighted by Gasteiger charge is -2.23. The third-order valence-electron chi connectivity index (χ3n) is 2.93. The Morgan fingerprint density at radius 1 is 1.32 bits per heavy atom. The van der Waals surface area contributed by atoms with E-state index in [-0.39, 0.29) is 30.3 Å². The van der Waals surface area contributed by atoms with Gasteiger partial charge in [-0.05, 0) is 25.3 Å². The summed E-state index contributed by atoms with van der Waals surface area (Å²) < 4.78 is 0. The Morgan fingerprint density at radius 2 is 2.05 bits per heavy atom. The van der Waals surface area contributed by atoms with Gasteiger partial charge in [-0.25, -0.2) is 0 Å². The highest BCUT2D eigenvalue weighted by Gasteiger charge is 2.15. The van der Waals surface area contributed by atoms with Crippen molar-refractivity contribution in [2.75, 3.05) is 19.6 Å². The normalized spacial score (nSPS) is 18.6. The van der Waals surface area contributed by atoms with Crippen molar-refractivity contribution in [3.05, 3.63) is 0 Å². The molecule has 1 atom stereocenters. The van der Waals surface area contributed by atoms with Gasteiger partial charge in [-0.2, -0.15) is 0 Å². The smallest absolute Gasteiger partial charge is 0.222 e. The Labute approximate surface area is 121 Å². The Hall–Kier alpha value is -0.810. The van der Waals surface area contributed by atoms with E-state index in [1.807, 2.05) is 13.8 Å². The molecule has 0 radical (unpaired) electrons. The molecule has 1 saturated heterocycles. The van der Waals surface area contributed by atoms with Crippen LogP contribution in [0.3, 0.4) is 0 Å². The van der Waals surface area contributed by atoms with Crippen LogP contribution in [0.25, 0.3) is 0 Å². The molecule has 1 rings (SSSR count). The van der Waals surface area contributed by atoms with Gasteiger partial charge in [-0.1, -0.05) is 13.8 Å². The molecule has 0 aromatic heterocycles. The number of hydrogen-bond donors (Lipinski definition) is 3. The molecule has 5 nitrogen and oxygen atoms in total. The summed E-state index contributed by atoms with van der Waals surface area (Å²) >= 11 is 0. The molecule has 6 heteroatoms. The van der Waals surface area contributed by atoms with E-state index in [0.29, 0.717) is 25.3 Å². The first-order valence-electron chi connectivity index (χ1n) is 6.84. The lowest BCUT2D eigenvalue weighted by Crippen LogP contribution is -2.46. The number of carbonyl (C=O) groups is 2. The van der Waals surface area contributed by atoms with E-state index in [4.69, 9.17) is 0 Å². The molecular formula is C13H26ClN3O2. The molecule has 0 aliphatic carbocycles. The third kappa shape index (κ3) is 8.83. The number of amides is 2. The van der Waals surface area contributed by atoms with Crippen molar-refractivity contribution in [1.82, 2.24) is 16.0 Å². The minimum absolute atomic E-state index is 0. The maximum Gasteiger partial charge on any atom is 0.222 e. The minimum atomic E-state index is 0. The summed E-state index contributed by atoms with van der Waals surface area (Å²) in [5.41, 5.74) is 0. The first-order valence-corrected chi connectivity index (χ1v) is 6.84. The fourth-order valence-electron chi connectivity index (χ4n) is 2.03. The van der Waals surface area contributed by atoms with Crippen molar-refractivity contribution in [3.8, 4) is 0 Å². The molecule has 0 spiro atoms. The summed E-state index contributed by atoms with van der Waals surface area (Å²) in [5, 5.41) is 9.00. The zero-order chi connectivity index (χ0) is 13.4. The molecule has 112 valence electrons. The zero-order valence-electron chi connectivity index (χ0n) is 11.8. The van der Waals surface area contributed by atoms with Gasteiger partial charge in [0.25, 0.3) is 0 Å². The summed E-state index contributed by atoms with van der Waals surface area (Å²) in [6, 6.07) is 0.248. The number of halogens is 1. The standard InChI is InChI=1S/C13H25N3O2.ClH/c1-10(2)8-13(18)15-7-5-12(17)16-11-4-3-6-14-9-11;/h10-11,14H,3-9H2,1-2H3,(H,15,18)(H,16,17);1H. The molecule has 2 amide bonds. The van der Waals surface area contributed by atoms with Gasteiger partial charge in [0.2, 0.25) is 11.8 Å². The van der Waals surface area contributed by atoms with Crippen LogP contribution in [0.4, 0.5) is 0 Å². The first kappa shape index (κ1) is 18.2. The van der Waals surface area contributed by atoms with Crippen molar-refractivity contribution < 1.29 is 9.59 Å². The van der Waals surface area contributed by atoms with Gasteiger partial charge in [0.1, 0.15) is 0 Å². The fourth-order valence-corrected chi connectivity index (χ4v) is 2.03. The first-order chi connectivity index (χ1) is 8.58. The molecule has 3 N–H and O–H groups in total. The van der Waals surface area contributed by atoms with E-state index in [2.05, 4.69) is 16.0 Å². The summed E-state index contributed by atoms with van der Waals surface area (Å²) in [5.74, 6) is 0.401. The predicted molar refractivity (Wildman–Crippen MR) is 78.4 cm³/mol. The maximum absolute atomic E-state index is 11.6. The SMILES string of the molecule is CC(C)CC(=O)NCCC(=O)NC1CCCNC1.Cl. The lowest BCUT2D eigenvalue weighted by atomic mass is 10.1. The highest BCUT2D eigenvalue weighted by molar-refractivity contribution is 5.85. The second-order valence-electron chi connectivity index (χ2n) is 5.31. The highest BCUT2D eigenvalue weighted by Crippen LogP contribution is 2.01. The molecule has 0 aromatic carbocycles. The summed E-state index contributed by atoms with van der Waals surface area (Å²) in [6.07, 6.45) is 3.03. The van der Waals surface area contributed by atoms with E-state index in [9.17, 15) is 9.59 Å². The monoisotopic (exact) mass is 291 g/mol. The number of rotatable bonds is 6. The van der Waals surface area contributed by atoms with E-state index < -0.39 is 0 Å². The average Bonchev–Trinajstić information content (AvgIpc) is 2.29. The summed E-state index contributed by atoms with van der Waals surface area (Å²) in [7, 11) is 0. The predicted octanol–water partition coefficient (Wildman–Crippen LogP) is 0.829. The van der Waals surface area contributed by atoms with E-state index in [1.54, 1.807) is 0 Å². The van der Waals surface area contributed by atoms with Gasteiger partial charge >= 0.3 is 0 Å². The van der Waals surface area contributed by atoms with Crippen LogP contribution in [0, 0.1) is 5.92 Å². The van der Waals surface area contributed by atoms with Crippen molar-refractivity contribution in [2.45, 2.75) is 45.6 Å². The van der Waals surface area contributed by atoms with Gasteiger partial charge < -0.3 is 16.0 Å². The molecule has 1 aliphatic heterocycles. The van der Waals surface area contributed by atoms with Crippen LogP contribution < -0.4 is 16.0 Å². The molecule has 0 bridgehead atoms. The van der Waals surface area contributed by atoms with Crippen molar-refractivity contribution in [3.63, 3.8) is 0 Å². The largest absolute Gasteiger partial charge is 0.356 e. The van der Waals surface area contributed by atoms with Crippen molar-refractivity contribution >= 4 is 24.2 Å². The second kappa shape index (κ2) is 10.0. The topological polar surface area (TPSA) is 70.2 Å². The van der Waals surface area contributed by atoms with Gasteiger partial charge in [0, 0.05) is 32.0 Å². The molecule has 1 unspecified atom stereocenters. The van der Waals surface area contributed by atoms with Crippen LogP contribution in [0.5, 0.6) is 0 Å². The van der Waals surface area contributed by atoms with Crippen molar-refractivity contribution in [1.29, 1.82) is 0 Å². The Balaban J connectivity index is 0.00000324. The minimum Gasteiger partial charge on any atom is -0.356 e. The molecule has 1 heterocycles. The van der Waals surface area contributed by atoms with Gasteiger partial charge in [-0.15, -0.1) is 12.4 Å². The quantitative estimate of drug-likeness (QED) is 0.679. The van der Waals surface area contributed by atoms with Gasteiger partial charge in [0.15, 0.2) is 0 Å². The van der Waals surface area contributed by atoms with Crippen LogP contribution in [0.15, 0.2) is 0 Å². The molecule has 1 aliphatic rings. The van der Waals surface area contributed by atoms with Crippen LogP contribution >= 0.6 is 12.4 Å². The summed E-state index contributed by atoms with van der Waals surface area (Å²) in [4.78, 5) is 23.0. The van der Waals surface area contributed by atoms with Crippen molar-refractivity contribution in [2.24, 2.45) is 5.92 Å². The third-order valence-corrected chi connectivity index (χ3v) is 2.93. The Bertz CT molecular complexity index is 279. The van der Waals surface area contributed by atoms with E-state index in [1.165, 1.54) is 0 Å². The number of nitrogens with one attached hydrogen (secondary N) is 3. The van der Waals surface area contributed by atoms with Gasteiger partial charge in [0.05, 0.1) is 0 Å². The second-order valence-corrected chi connectivity index (χ2v) is 5.31. The average molecular weight is 292 g/mol. The lowest BCUT2D eigenvalue weighted by molar-refractivity contribution is -0.123. The zero-order valence-corrected chi connectivity index (χ0v) is 12.6. The van der Waals surface area contributed by atoms with Gasteiger partial charge in [-0.3, -0.25) is 9.59 Å². The molecular weight excluding hydrogens is 266 g/mol. The molecule has 1 fully saturated rings. The fraction of sp³-hybridized carbons (Fsp3) is 0.846. The molecule has 0 saturated carbocycles. The number of piperidine rings is 1.